The number of rotatable bonds is 2. The Kier molecular flexibility index (Phi) is 3.19. The molecule has 0 radical (unpaired) electrons. The number of anilines is 1. The molecule has 0 unspecified atom stereocenters. The monoisotopic (exact) mass is 215 g/mol. The van der Waals surface area contributed by atoms with Crippen LogP contribution in [0.5, 0.6) is 5.75 Å². The molecule has 0 aliphatic carbocycles. The highest BCUT2D eigenvalue weighted by molar-refractivity contribution is 6.34. The lowest BCUT2D eigenvalue weighted by Crippen LogP contribution is -2.06. The van der Waals surface area contributed by atoms with Gasteiger partial charge < -0.3 is 15.2 Å². The summed E-state index contributed by atoms with van der Waals surface area (Å²) in [6.07, 6.45) is 0. The molecule has 0 atom stereocenters. The van der Waals surface area contributed by atoms with E-state index < -0.39 is 5.97 Å². The molecule has 0 saturated heterocycles. The van der Waals surface area contributed by atoms with Crippen molar-refractivity contribution in [1.29, 1.82) is 0 Å². The van der Waals surface area contributed by atoms with Crippen molar-refractivity contribution in [3.63, 3.8) is 0 Å². The fourth-order valence-corrected chi connectivity index (χ4v) is 1.20. The smallest absolute Gasteiger partial charge is 0.340 e. The van der Waals surface area contributed by atoms with Crippen LogP contribution in [0.15, 0.2) is 12.1 Å². The van der Waals surface area contributed by atoms with E-state index >= 15 is 0 Å². The van der Waals surface area contributed by atoms with Crippen molar-refractivity contribution in [1.82, 2.24) is 0 Å². The Morgan fingerprint density at radius 3 is 2.57 bits per heavy atom. The first-order valence-electron chi connectivity index (χ1n) is 3.81. The van der Waals surface area contributed by atoms with Crippen molar-refractivity contribution in [2.24, 2.45) is 0 Å². The summed E-state index contributed by atoms with van der Waals surface area (Å²) < 4.78 is 9.48. The van der Waals surface area contributed by atoms with Gasteiger partial charge in [0, 0.05) is 6.07 Å². The lowest BCUT2D eigenvalue weighted by molar-refractivity contribution is 0.0601. The molecule has 0 aromatic heterocycles. The molecule has 14 heavy (non-hydrogen) atoms. The van der Waals surface area contributed by atoms with Crippen molar-refractivity contribution in [3.8, 4) is 5.75 Å². The fraction of sp³-hybridized carbons (Fsp3) is 0.222. The molecular weight excluding hydrogens is 206 g/mol. The number of nitrogen functional groups attached to an aromatic ring is 1. The minimum absolute atomic E-state index is 0.194. The first-order chi connectivity index (χ1) is 6.60. The third-order valence-electron chi connectivity index (χ3n) is 1.74. The maximum absolute atomic E-state index is 11.2. The average Bonchev–Trinajstić information content (AvgIpc) is 2.20. The van der Waals surface area contributed by atoms with Crippen LogP contribution in [0.2, 0.25) is 5.02 Å². The highest BCUT2D eigenvalue weighted by atomic mass is 35.5. The summed E-state index contributed by atoms with van der Waals surface area (Å²) in [4.78, 5) is 11.2. The van der Waals surface area contributed by atoms with Gasteiger partial charge in [0.1, 0.15) is 5.75 Å². The van der Waals surface area contributed by atoms with Crippen molar-refractivity contribution < 1.29 is 14.3 Å². The van der Waals surface area contributed by atoms with E-state index in [1.807, 2.05) is 0 Å². The quantitative estimate of drug-likeness (QED) is 0.603. The molecular formula is C9H10ClNO3. The number of hydrogen-bond donors (Lipinski definition) is 1. The zero-order valence-corrected chi connectivity index (χ0v) is 8.59. The predicted molar refractivity (Wildman–Crippen MR) is 53.8 cm³/mol. The topological polar surface area (TPSA) is 61.5 Å². The van der Waals surface area contributed by atoms with Crippen LogP contribution in [-0.4, -0.2) is 20.2 Å². The highest BCUT2D eigenvalue weighted by Crippen LogP contribution is 2.29. The number of carbonyl (C=O) groups excluding carboxylic acids is 1. The molecule has 0 spiro atoms. The van der Waals surface area contributed by atoms with E-state index in [9.17, 15) is 4.79 Å². The summed E-state index contributed by atoms with van der Waals surface area (Å²) in [5, 5.41) is 0.268. The van der Waals surface area contributed by atoms with E-state index in [4.69, 9.17) is 22.1 Å². The summed E-state index contributed by atoms with van der Waals surface area (Å²) in [6, 6.07) is 3.01. The summed E-state index contributed by atoms with van der Waals surface area (Å²) in [6.45, 7) is 0. The minimum atomic E-state index is -0.539. The molecule has 0 aliphatic heterocycles. The molecule has 5 heteroatoms. The van der Waals surface area contributed by atoms with Crippen molar-refractivity contribution in [3.05, 3.63) is 22.7 Å². The van der Waals surface area contributed by atoms with Crippen molar-refractivity contribution in [2.45, 2.75) is 0 Å². The van der Waals surface area contributed by atoms with Gasteiger partial charge in [0.15, 0.2) is 0 Å². The molecule has 1 aromatic rings. The Hall–Kier alpha value is -1.42. The van der Waals surface area contributed by atoms with Crippen molar-refractivity contribution >= 4 is 23.3 Å². The Morgan fingerprint density at radius 2 is 2.07 bits per heavy atom. The maximum Gasteiger partial charge on any atom is 0.340 e. The number of nitrogens with two attached hydrogens (primary N) is 1. The maximum atomic E-state index is 11.2. The number of methoxy groups -OCH3 is 2. The van der Waals surface area contributed by atoms with E-state index in [1.165, 1.54) is 26.4 Å². The molecule has 0 saturated carbocycles. The lowest BCUT2D eigenvalue weighted by Gasteiger charge is -2.08. The molecule has 76 valence electrons. The summed E-state index contributed by atoms with van der Waals surface area (Å²) in [7, 11) is 2.75. The number of carbonyl (C=O) groups is 1. The van der Waals surface area contributed by atoms with Gasteiger partial charge in [-0.1, -0.05) is 11.6 Å². The second-order valence-electron chi connectivity index (χ2n) is 2.56. The lowest BCUT2D eigenvalue weighted by atomic mass is 10.1. The Balaban J connectivity index is 3.27. The molecule has 2 N–H and O–H groups in total. The van der Waals surface area contributed by atoms with Crippen LogP contribution in [0.3, 0.4) is 0 Å². The van der Waals surface area contributed by atoms with E-state index in [0.717, 1.165) is 0 Å². The van der Waals surface area contributed by atoms with Gasteiger partial charge in [0.2, 0.25) is 0 Å². The van der Waals surface area contributed by atoms with E-state index in [0.29, 0.717) is 5.75 Å². The largest absolute Gasteiger partial charge is 0.497 e. The average molecular weight is 216 g/mol. The second-order valence-corrected chi connectivity index (χ2v) is 2.97. The molecule has 4 nitrogen and oxygen atoms in total. The van der Waals surface area contributed by atoms with Gasteiger partial charge in [0.25, 0.3) is 0 Å². The third kappa shape index (κ3) is 1.90. The molecule has 0 bridgehead atoms. The van der Waals surface area contributed by atoms with Crippen LogP contribution in [0.4, 0.5) is 5.69 Å². The standard InChI is InChI=1S/C9H10ClNO3/c1-13-5-3-6(9(12)14-2)8(11)7(10)4-5/h3-4H,11H2,1-2H3. The fourth-order valence-electron chi connectivity index (χ4n) is 0.990. The van der Waals surface area contributed by atoms with Crippen LogP contribution in [0, 0.1) is 0 Å². The van der Waals surface area contributed by atoms with Crippen LogP contribution < -0.4 is 10.5 Å². The number of hydrogen-bond acceptors (Lipinski definition) is 4. The van der Waals surface area contributed by atoms with Crippen LogP contribution >= 0.6 is 11.6 Å². The van der Waals surface area contributed by atoms with E-state index in [1.54, 1.807) is 0 Å². The summed E-state index contributed by atoms with van der Waals surface area (Å²) >= 11 is 5.79. The zero-order valence-electron chi connectivity index (χ0n) is 7.83. The Labute approximate surface area is 86.6 Å². The second kappa shape index (κ2) is 4.19. The first kappa shape index (κ1) is 10.7. The molecule has 0 fully saturated rings. The zero-order chi connectivity index (χ0) is 10.7. The van der Waals surface area contributed by atoms with Gasteiger partial charge in [-0.05, 0) is 6.07 Å². The predicted octanol–water partition coefficient (Wildman–Crippen LogP) is 1.72. The third-order valence-corrected chi connectivity index (χ3v) is 2.06. The van der Waals surface area contributed by atoms with Crippen LogP contribution in [0.25, 0.3) is 0 Å². The van der Waals surface area contributed by atoms with Crippen molar-refractivity contribution in [2.75, 3.05) is 20.0 Å². The number of esters is 1. The Bertz CT molecular complexity index is 365. The highest BCUT2D eigenvalue weighted by Gasteiger charge is 2.14. The number of halogens is 1. The van der Waals surface area contributed by atoms with Gasteiger partial charge in [-0.3, -0.25) is 0 Å². The summed E-state index contributed by atoms with van der Waals surface area (Å²) in [5.74, 6) is -0.0760. The molecule has 0 heterocycles. The van der Waals surface area contributed by atoms with Gasteiger partial charge in [-0.25, -0.2) is 4.79 Å². The van der Waals surface area contributed by atoms with Crippen LogP contribution in [-0.2, 0) is 4.74 Å². The van der Waals surface area contributed by atoms with Gasteiger partial charge in [-0.2, -0.15) is 0 Å². The van der Waals surface area contributed by atoms with Crippen LogP contribution in [0.1, 0.15) is 10.4 Å². The van der Waals surface area contributed by atoms with Gasteiger partial charge >= 0.3 is 5.97 Å². The normalized spacial score (nSPS) is 9.64. The minimum Gasteiger partial charge on any atom is -0.497 e. The molecule has 0 amide bonds. The molecule has 0 aliphatic rings. The van der Waals surface area contributed by atoms with E-state index in [-0.39, 0.29) is 16.3 Å². The SMILES string of the molecule is COC(=O)c1cc(OC)cc(Cl)c1N. The van der Waals surface area contributed by atoms with Gasteiger partial charge in [0.05, 0.1) is 30.5 Å². The molecule has 1 aromatic carbocycles. The number of benzene rings is 1. The molecule has 1 rings (SSSR count). The summed E-state index contributed by atoms with van der Waals surface area (Å²) in [5.41, 5.74) is 5.99. The van der Waals surface area contributed by atoms with E-state index in [2.05, 4.69) is 4.74 Å². The Morgan fingerprint density at radius 1 is 1.43 bits per heavy atom. The van der Waals surface area contributed by atoms with Gasteiger partial charge in [-0.15, -0.1) is 0 Å². The first-order valence-corrected chi connectivity index (χ1v) is 4.19. The number of ether oxygens (including phenoxy) is 2.